The third kappa shape index (κ3) is 3.34. The van der Waals surface area contributed by atoms with Crippen LogP contribution in [0.1, 0.15) is 10.5 Å². The van der Waals surface area contributed by atoms with Gasteiger partial charge in [0.15, 0.2) is 0 Å². The van der Waals surface area contributed by atoms with E-state index in [2.05, 4.69) is 15.5 Å². The maximum absolute atomic E-state index is 11.9. The Morgan fingerprint density at radius 2 is 1.75 bits per heavy atom. The standard InChI is InChI=1S/C16H14N4O3S/c17-24(22,23)15-4-2-1-3-13(15)11-5-7-12(8-6-11)19-16(21)14-9-10-18-20-14/h1-10H,(H,18,20)(H,19,21)(H2,17,22,23). The van der Waals surface area contributed by atoms with Crippen LogP contribution >= 0.6 is 0 Å². The lowest BCUT2D eigenvalue weighted by atomic mass is 10.1. The van der Waals surface area contributed by atoms with E-state index in [1.165, 1.54) is 12.3 Å². The Bertz CT molecular complexity index is 965. The summed E-state index contributed by atoms with van der Waals surface area (Å²) in [5, 5.41) is 14.3. The summed E-state index contributed by atoms with van der Waals surface area (Å²) in [5.74, 6) is -0.315. The number of sulfonamides is 1. The minimum atomic E-state index is -3.82. The van der Waals surface area contributed by atoms with E-state index in [4.69, 9.17) is 5.14 Å². The molecule has 3 aromatic rings. The fourth-order valence-corrected chi connectivity index (χ4v) is 3.03. The van der Waals surface area contributed by atoms with Crippen molar-refractivity contribution in [3.63, 3.8) is 0 Å². The summed E-state index contributed by atoms with van der Waals surface area (Å²) < 4.78 is 23.4. The van der Waals surface area contributed by atoms with E-state index in [1.54, 1.807) is 48.5 Å². The van der Waals surface area contributed by atoms with Crippen molar-refractivity contribution in [2.45, 2.75) is 4.90 Å². The van der Waals surface area contributed by atoms with Crippen molar-refractivity contribution in [2.75, 3.05) is 5.32 Å². The molecule has 0 fully saturated rings. The average Bonchev–Trinajstić information content (AvgIpc) is 3.09. The van der Waals surface area contributed by atoms with E-state index in [0.717, 1.165) is 0 Å². The summed E-state index contributed by atoms with van der Waals surface area (Å²) in [6, 6.07) is 14.8. The van der Waals surface area contributed by atoms with Crippen LogP contribution in [0.5, 0.6) is 0 Å². The predicted molar refractivity (Wildman–Crippen MR) is 89.8 cm³/mol. The first-order valence-corrected chi connectivity index (χ1v) is 8.53. The quantitative estimate of drug-likeness (QED) is 0.672. The highest BCUT2D eigenvalue weighted by Gasteiger charge is 2.14. The third-order valence-corrected chi connectivity index (χ3v) is 4.36. The smallest absolute Gasteiger partial charge is 0.273 e. The molecule has 2 aromatic carbocycles. The molecule has 0 aliphatic carbocycles. The average molecular weight is 342 g/mol. The highest BCUT2D eigenvalue weighted by atomic mass is 32.2. The van der Waals surface area contributed by atoms with Crippen LogP contribution in [0.4, 0.5) is 5.69 Å². The zero-order chi connectivity index (χ0) is 17.2. The van der Waals surface area contributed by atoms with E-state index in [-0.39, 0.29) is 10.8 Å². The summed E-state index contributed by atoms with van der Waals surface area (Å²) >= 11 is 0. The van der Waals surface area contributed by atoms with E-state index < -0.39 is 10.0 Å². The highest BCUT2D eigenvalue weighted by molar-refractivity contribution is 7.89. The monoisotopic (exact) mass is 342 g/mol. The van der Waals surface area contributed by atoms with Gasteiger partial charge in [-0.2, -0.15) is 5.10 Å². The van der Waals surface area contributed by atoms with Gasteiger partial charge in [-0.3, -0.25) is 9.89 Å². The largest absolute Gasteiger partial charge is 0.321 e. The Balaban J connectivity index is 1.87. The normalized spacial score (nSPS) is 11.2. The number of hydrogen-bond donors (Lipinski definition) is 3. The molecular weight excluding hydrogens is 328 g/mol. The van der Waals surface area contributed by atoms with Crippen LogP contribution in [0, 0.1) is 0 Å². The Labute approximate surface area is 138 Å². The maximum atomic E-state index is 11.9. The Morgan fingerprint density at radius 3 is 2.38 bits per heavy atom. The zero-order valence-corrected chi connectivity index (χ0v) is 13.2. The molecular formula is C16H14N4O3S. The number of carbonyl (C=O) groups excluding carboxylic acids is 1. The van der Waals surface area contributed by atoms with Gasteiger partial charge in [-0.1, -0.05) is 30.3 Å². The van der Waals surface area contributed by atoms with Gasteiger partial charge in [-0.05, 0) is 29.8 Å². The minimum Gasteiger partial charge on any atom is -0.321 e. The van der Waals surface area contributed by atoms with Gasteiger partial charge in [-0.15, -0.1) is 0 Å². The van der Waals surface area contributed by atoms with Crippen LogP contribution in [-0.4, -0.2) is 24.5 Å². The zero-order valence-electron chi connectivity index (χ0n) is 12.4. The molecule has 0 aliphatic heterocycles. The first kappa shape index (κ1) is 15.9. The van der Waals surface area contributed by atoms with Crippen molar-refractivity contribution in [1.29, 1.82) is 0 Å². The molecule has 0 unspecified atom stereocenters. The van der Waals surface area contributed by atoms with Crippen molar-refractivity contribution in [3.05, 3.63) is 66.5 Å². The van der Waals surface area contributed by atoms with Crippen molar-refractivity contribution >= 4 is 21.6 Å². The molecule has 4 N–H and O–H groups in total. The molecule has 3 rings (SSSR count). The van der Waals surface area contributed by atoms with Crippen LogP contribution in [0.25, 0.3) is 11.1 Å². The van der Waals surface area contributed by atoms with Gasteiger partial charge in [-0.25, -0.2) is 13.6 Å². The van der Waals surface area contributed by atoms with Crippen LogP contribution in [0.2, 0.25) is 0 Å². The second-order valence-corrected chi connectivity index (χ2v) is 6.57. The number of H-pyrrole nitrogens is 1. The van der Waals surface area contributed by atoms with E-state index in [0.29, 0.717) is 22.5 Å². The summed E-state index contributed by atoms with van der Waals surface area (Å²) in [4.78, 5) is 12.0. The molecule has 1 aromatic heterocycles. The second-order valence-electron chi connectivity index (χ2n) is 5.04. The SMILES string of the molecule is NS(=O)(=O)c1ccccc1-c1ccc(NC(=O)c2ccn[nH]2)cc1. The number of aromatic nitrogens is 2. The summed E-state index contributed by atoms with van der Waals surface area (Å²) in [6.07, 6.45) is 1.49. The molecule has 122 valence electrons. The molecule has 7 nitrogen and oxygen atoms in total. The first-order chi connectivity index (χ1) is 11.4. The van der Waals surface area contributed by atoms with Crippen molar-refractivity contribution in [2.24, 2.45) is 5.14 Å². The van der Waals surface area contributed by atoms with Gasteiger partial charge in [0, 0.05) is 17.4 Å². The number of aromatic amines is 1. The fourth-order valence-electron chi connectivity index (χ4n) is 2.27. The van der Waals surface area contributed by atoms with Crippen molar-refractivity contribution < 1.29 is 13.2 Å². The molecule has 0 saturated heterocycles. The van der Waals surface area contributed by atoms with Crippen molar-refractivity contribution in [1.82, 2.24) is 10.2 Å². The number of amides is 1. The Hall–Kier alpha value is -2.97. The summed E-state index contributed by atoms with van der Waals surface area (Å²) in [6.45, 7) is 0. The maximum Gasteiger partial charge on any atom is 0.273 e. The van der Waals surface area contributed by atoms with Crippen LogP contribution in [0.15, 0.2) is 65.7 Å². The Kier molecular flexibility index (Phi) is 4.15. The van der Waals surface area contributed by atoms with Crippen LogP contribution in [-0.2, 0) is 10.0 Å². The molecule has 0 spiro atoms. The van der Waals surface area contributed by atoms with E-state index >= 15 is 0 Å². The number of nitrogens with zero attached hydrogens (tertiary/aromatic N) is 1. The lowest BCUT2D eigenvalue weighted by molar-refractivity contribution is 0.102. The number of anilines is 1. The molecule has 0 atom stereocenters. The lowest BCUT2D eigenvalue weighted by Gasteiger charge is -2.09. The number of rotatable bonds is 4. The number of hydrogen-bond acceptors (Lipinski definition) is 4. The predicted octanol–water partition coefficient (Wildman–Crippen LogP) is 1.98. The number of benzene rings is 2. The fraction of sp³-hybridized carbons (Fsp3) is 0. The minimum absolute atomic E-state index is 0.0549. The molecule has 24 heavy (non-hydrogen) atoms. The van der Waals surface area contributed by atoms with Gasteiger partial charge in [0.05, 0.1) is 4.90 Å². The number of carbonyl (C=O) groups is 1. The molecule has 1 amide bonds. The lowest BCUT2D eigenvalue weighted by Crippen LogP contribution is -2.13. The first-order valence-electron chi connectivity index (χ1n) is 6.98. The molecule has 0 radical (unpaired) electrons. The molecule has 0 aliphatic rings. The molecule has 8 heteroatoms. The second kappa shape index (κ2) is 6.26. The topological polar surface area (TPSA) is 118 Å². The Morgan fingerprint density at radius 1 is 1.04 bits per heavy atom. The van der Waals surface area contributed by atoms with E-state index in [1.807, 2.05) is 0 Å². The summed E-state index contributed by atoms with van der Waals surface area (Å²) in [5.41, 5.74) is 2.11. The number of nitrogens with one attached hydrogen (secondary N) is 2. The van der Waals surface area contributed by atoms with Gasteiger partial charge in [0.25, 0.3) is 5.91 Å². The van der Waals surface area contributed by atoms with Crippen molar-refractivity contribution in [3.8, 4) is 11.1 Å². The number of primary sulfonamides is 1. The van der Waals surface area contributed by atoms with Gasteiger partial charge >= 0.3 is 0 Å². The molecule has 0 saturated carbocycles. The van der Waals surface area contributed by atoms with Gasteiger partial charge in [0.1, 0.15) is 5.69 Å². The summed E-state index contributed by atoms with van der Waals surface area (Å²) in [7, 11) is -3.82. The third-order valence-electron chi connectivity index (χ3n) is 3.39. The highest BCUT2D eigenvalue weighted by Crippen LogP contribution is 2.27. The van der Waals surface area contributed by atoms with Gasteiger partial charge < -0.3 is 5.32 Å². The van der Waals surface area contributed by atoms with E-state index in [9.17, 15) is 13.2 Å². The van der Waals surface area contributed by atoms with Crippen LogP contribution < -0.4 is 10.5 Å². The van der Waals surface area contributed by atoms with Gasteiger partial charge in [0.2, 0.25) is 10.0 Å². The number of nitrogens with two attached hydrogens (primary N) is 1. The van der Waals surface area contributed by atoms with Crippen LogP contribution in [0.3, 0.4) is 0 Å². The molecule has 0 bridgehead atoms. The molecule has 1 heterocycles.